The minimum atomic E-state index is -0.520. The van der Waals surface area contributed by atoms with E-state index in [-0.39, 0.29) is 12.0 Å². The predicted molar refractivity (Wildman–Crippen MR) is 116 cm³/mol. The summed E-state index contributed by atoms with van der Waals surface area (Å²) in [6, 6.07) is 9.76. The first-order chi connectivity index (χ1) is 14.1. The van der Waals surface area contributed by atoms with Gasteiger partial charge in [0.1, 0.15) is 5.60 Å². The first kappa shape index (κ1) is 21.9. The SMILES string of the molecule is Cc1cc(C)n(Cc2ccc(C(=O)N3CCCN(C(=O)OC(C)(C)C)CC3)cc2)n1. The van der Waals surface area contributed by atoms with Gasteiger partial charge in [-0.3, -0.25) is 9.48 Å². The van der Waals surface area contributed by atoms with Crippen LogP contribution in [0.25, 0.3) is 0 Å². The number of hydrogen-bond acceptors (Lipinski definition) is 4. The molecular weight excluding hydrogens is 380 g/mol. The lowest BCUT2D eigenvalue weighted by molar-refractivity contribution is 0.0255. The Morgan fingerprint density at radius 1 is 1.00 bits per heavy atom. The van der Waals surface area contributed by atoms with Gasteiger partial charge < -0.3 is 14.5 Å². The monoisotopic (exact) mass is 412 g/mol. The van der Waals surface area contributed by atoms with Gasteiger partial charge in [0.15, 0.2) is 0 Å². The molecule has 3 rings (SSSR count). The third-order valence-electron chi connectivity index (χ3n) is 5.07. The number of nitrogens with zero attached hydrogens (tertiary/aromatic N) is 4. The second-order valence-electron chi connectivity index (χ2n) is 8.89. The Balaban J connectivity index is 1.59. The fourth-order valence-electron chi connectivity index (χ4n) is 3.57. The van der Waals surface area contributed by atoms with Gasteiger partial charge in [-0.25, -0.2) is 4.79 Å². The number of amides is 2. The molecule has 162 valence electrons. The summed E-state index contributed by atoms with van der Waals surface area (Å²) in [7, 11) is 0. The number of hydrogen-bond donors (Lipinski definition) is 0. The van der Waals surface area contributed by atoms with Crippen molar-refractivity contribution in [3.05, 3.63) is 52.8 Å². The van der Waals surface area contributed by atoms with E-state index in [9.17, 15) is 9.59 Å². The molecule has 2 amide bonds. The van der Waals surface area contributed by atoms with E-state index in [1.807, 2.05) is 68.5 Å². The molecule has 0 unspecified atom stereocenters. The van der Waals surface area contributed by atoms with Crippen molar-refractivity contribution in [3.63, 3.8) is 0 Å². The van der Waals surface area contributed by atoms with E-state index < -0.39 is 5.60 Å². The molecule has 1 fully saturated rings. The van der Waals surface area contributed by atoms with Gasteiger partial charge in [-0.1, -0.05) is 12.1 Å². The average Bonchev–Trinajstić information content (AvgIpc) is 2.85. The van der Waals surface area contributed by atoms with E-state index in [0.29, 0.717) is 38.3 Å². The second-order valence-corrected chi connectivity index (χ2v) is 8.89. The zero-order valence-corrected chi connectivity index (χ0v) is 18.6. The Labute approximate surface area is 178 Å². The van der Waals surface area contributed by atoms with Gasteiger partial charge in [-0.2, -0.15) is 5.10 Å². The summed E-state index contributed by atoms with van der Waals surface area (Å²) in [5.74, 6) is -0.00120. The van der Waals surface area contributed by atoms with Crippen LogP contribution < -0.4 is 0 Å². The molecule has 1 aromatic heterocycles. The Kier molecular flexibility index (Phi) is 6.48. The maximum absolute atomic E-state index is 13.0. The van der Waals surface area contributed by atoms with Crippen LogP contribution in [0.2, 0.25) is 0 Å². The van der Waals surface area contributed by atoms with Crippen LogP contribution >= 0.6 is 0 Å². The van der Waals surface area contributed by atoms with Gasteiger partial charge in [-0.05, 0) is 64.8 Å². The molecule has 0 aliphatic carbocycles. The molecule has 7 heteroatoms. The van der Waals surface area contributed by atoms with Crippen molar-refractivity contribution in [1.29, 1.82) is 0 Å². The van der Waals surface area contributed by atoms with Crippen LogP contribution in [0.4, 0.5) is 4.79 Å². The smallest absolute Gasteiger partial charge is 0.410 e. The van der Waals surface area contributed by atoms with Crippen molar-refractivity contribution < 1.29 is 14.3 Å². The van der Waals surface area contributed by atoms with Crippen molar-refractivity contribution in [2.75, 3.05) is 26.2 Å². The molecule has 1 saturated heterocycles. The Morgan fingerprint density at radius 2 is 1.63 bits per heavy atom. The van der Waals surface area contributed by atoms with Crippen LogP contribution in [0.15, 0.2) is 30.3 Å². The Morgan fingerprint density at radius 3 is 2.23 bits per heavy atom. The summed E-state index contributed by atoms with van der Waals surface area (Å²) >= 11 is 0. The number of aromatic nitrogens is 2. The molecule has 0 saturated carbocycles. The topological polar surface area (TPSA) is 67.7 Å². The highest BCUT2D eigenvalue weighted by Crippen LogP contribution is 2.15. The number of ether oxygens (including phenoxy) is 1. The van der Waals surface area contributed by atoms with Gasteiger partial charge >= 0.3 is 6.09 Å². The van der Waals surface area contributed by atoms with Gasteiger partial charge in [0.2, 0.25) is 0 Å². The second kappa shape index (κ2) is 8.90. The van der Waals surface area contributed by atoms with Gasteiger partial charge in [0.25, 0.3) is 5.91 Å². The fourth-order valence-corrected chi connectivity index (χ4v) is 3.57. The third kappa shape index (κ3) is 5.62. The quantitative estimate of drug-likeness (QED) is 0.772. The molecule has 1 aromatic carbocycles. The molecule has 1 aliphatic rings. The van der Waals surface area contributed by atoms with Crippen LogP contribution in [-0.4, -0.2) is 63.4 Å². The summed E-state index contributed by atoms with van der Waals surface area (Å²) in [6.45, 7) is 12.5. The number of carbonyl (C=O) groups excluding carboxylic acids is 2. The lowest BCUT2D eigenvalue weighted by Crippen LogP contribution is -2.40. The molecule has 0 N–H and O–H groups in total. The molecule has 30 heavy (non-hydrogen) atoms. The highest BCUT2D eigenvalue weighted by molar-refractivity contribution is 5.94. The summed E-state index contributed by atoms with van der Waals surface area (Å²) in [4.78, 5) is 28.8. The standard InChI is InChI=1S/C23H32N4O3/c1-17-15-18(2)27(24-17)16-19-7-9-20(10-8-19)21(28)25-11-6-12-26(14-13-25)22(29)30-23(3,4)5/h7-10,15H,6,11-14,16H2,1-5H3. The molecule has 2 heterocycles. The molecule has 7 nitrogen and oxygen atoms in total. The van der Waals surface area contributed by atoms with Crippen molar-refractivity contribution in [1.82, 2.24) is 19.6 Å². The molecule has 0 bridgehead atoms. The number of aryl methyl sites for hydroxylation is 2. The van der Waals surface area contributed by atoms with Crippen molar-refractivity contribution in [2.45, 2.75) is 53.2 Å². The van der Waals surface area contributed by atoms with Crippen molar-refractivity contribution >= 4 is 12.0 Å². The number of carbonyl (C=O) groups is 2. The van der Waals surface area contributed by atoms with E-state index in [2.05, 4.69) is 11.2 Å². The van der Waals surface area contributed by atoms with E-state index in [0.717, 1.165) is 23.4 Å². The highest BCUT2D eigenvalue weighted by atomic mass is 16.6. The van der Waals surface area contributed by atoms with Crippen LogP contribution in [-0.2, 0) is 11.3 Å². The lowest BCUT2D eigenvalue weighted by atomic mass is 10.1. The van der Waals surface area contributed by atoms with E-state index >= 15 is 0 Å². The van der Waals surface area contributed by atoms with Crippen molar-refractivity contribution in [3.8, 4) is 0 Å². The summed E-state index contributed by atoms with van der Waals surface area (Å²) < 4.78 is 7.43. The van der Waals surface area contributed by atoms with Crippen LogP contribution in [0.5, 0.6) is 0 Å². The molecule has 0 atom stereocenters. The van der Waals surface area contributed by atoms with Crippen LogP contribution in [0, 0.1) is 13.8 Å². The normalized spacial score (nSPS) is 15.1. The minimum Gasteiger partial charge on any atom is -0.444 e. The summed E-state index contributed by atoms with van der Waals surface area (Å²) in [5.41, 5.74) is 3.36. The summed E-state index contributed by atoms with van der Waals surface area (Å²) in [6.07, 6.45) is 0.423. The van der Waals surface area contributed by atoms with Crippen LogP contribution in [0.1, 0.15) is 54.5 Å². The zero-order valence-electron chi connectivity index (χ0n) is 18.6. The Bertz CT molecular complexity index is 896. The molecule has 0 radical (unpaired) electrons. The predicted octanol–water partition coefficient (Wildman–Crippen LogP) is 3.63. The molecule has 1 aliphatic heterocycles. The first-order valence-corrected chi connectivity index (χ1v) is 10.5. The highest BCUT2D eigenvalue weighted by Gasteiger charge is 2.26. The lowest BCUT2D eigenvalue weighted by Gasteiger charge is -2.26. The molecular formula is C23H32N4O3. The molecule has 0 spiro atoms. The largest absolute Gasteiger partial charge is 0.444 e. The van der Waals surface area contributed by atoms with Gasteiger partial charge in [-0.15, -0.1) is 0 Å². The van der Waals surface area contributed by atoms with Crippen LogP contribution in [0.3, 0.4) is 0 Å². The maximum atomic E-state index is 13.0. The minimum absolute atomic E-state index is 0.00120. The van der Waals surface area contributed by atoms with E-state index in [4.69, 9.17) is 4.74 Å². The maximum Gasteiger partial charge on any atom is 0.410 e. The van der Waals surface area contributed by atoms with Gasteiger partial charge in [0, 0.05) is 37.4 Å². The van der Waals surface area contributed by atoms with Crippen molar-refractivity contribution in [2.24, 2.45) is 0 Å². The average molecular weight is 413 g/mol. The van der Waals surface area contributed by atoms with E-state index in [1.165, 1.54) is 0 Å². The first-order valence-electron chi connectivity index (χ1n) is 10.5. The third-order valence-corrected chi connectivity index (χ3v) is 5.07. The number of benzene rings is 1. The van der Waals surface area contributed by atoms with Gasteiger partial charge in [0.05, 0.1) is 12.2 Å². The molecule has 2 aromatic rings. The van der Waals surface area contributed by atoms with E-state index in [1.54, 1.807) is 4.90 Å². The summed E-state index contributed by atoms with van der Waals surface area (Å²) in [5, 5.41) is 4.49. The number of rotatable bonds is 3. The fraction of sp³-hybridized carbons (Fsp3) is 0.522. The Hall–Kier alpha value is -2.83. The zero-order chi connectivity index (χ0) is 21.9.